The lowest BCUT2D eigenvalue weighted by atomic mass is 10.2. The molecular weight excluding hydrogens is 424 g/mol. The number of aromatic nitrogens is 7. The van der Waals surface area contributed by atoms with Gasteiger partial charge >= 0.3 is 0 Å². The van der Waals surface area contributed by atoms with Gasteiger partial charge in [0.05, 0.1) is 17.1 Å². The molecule has 0 fully saturated rings. The van der Waals surface area contributed by atoms with Crippen LogP contribution in [0, 0.1) is 13.8 Å². The molecular formula is C19H17ClN8OS. The van der Waals surface area contributed by atoms with Crippen LogP contribution in [0.4, 0.5) is 5.69 Å². The first kappa shape index (κ1) is 20.0. The minimum absolute atomic E-state index is 0.164. The lowest BCUT2D eigenvalue weighted by molar-refractivity contribution is -0.113. The molecule has 4 rings (SSSR count). The highest BCUT2D eigenvalue weighted by molar-refractivity contribution is 7.99. The number of amides is 1. The smallest absolute Gasteiger partial charge is 0.234 e. The van der Waals surface area contributed by atoms with Crippen molar-refractivity contribution in [1.82, 2.24) is 35.0 Å². The highest BCUT2D eigenvalue weighted by Crippen LogP contribution is 2.24. The number of carbonyl (C=O) groups excluding carboxylic acids is 1. The molecule has 2 aromatic heterocycles. The number of anilines is 1. The molecule has 0 bridgehead atoms. The number of benzene rings is 2. The fourth-order valence-corrected chi connectivity index (χ4v) is 3.67. The number of hydrogen-bond donors (Lipinski definition) is 1. The van der Waals surface area contributed by atoms with Crippen LogP contribution in [-0.4, -0.2) is 46.6 Å². The summed E-state index contributed by atoms with van der Waals surface area (Å²) >= 11 is 7.51. The van der Waals surface area contributed by atoms with E-state index in [2.05, 4.69) is 31.0 Å². The molecule has 0 saturated carbocycles. The number of nitrogens with zero attached hydrogens (tertiary/aromatic N) is 7. The number of aryl methyl sites for hydroxylation is 2. The standard InChI is InChI=1S/C19H17ClN8OS/c1-12-4-6-15(8-16(12)20)27-10-21-24-19(27)30-9-18(29)23-14-5-3-13(2)17(7-14)28-11-22-25-26-28/h3-8,10-11H,9H2,1-2H3,(H,23,29). The van der Waals surface area contributed by atoms with Crippen molar-refractivity contribution in [3.8, 4) is 11.4 Å². The van der Waals surface area contributed by atoms with Crippen molar-refractivity contribution in [1.29, 1.82) is 0 Å². The fourth-order valence-electron chi connectivity index (χ4n) is 2.76. The highest BCUT2D eigenvalue weighted by atomic mass is 35.5. The number of carbonyl (C=O) groups is 1. The minimum atomic E-state index is -0.164. The molecule has 0 aliphatic rings. The van der Waals surface area contributed by atoms with Gasteiger partial charge < -0.3 is 5.32 Å². The maximum atomic E-state index is 12.5. The number of thioether (sulfide) groups is 1. The van der Waals surface area contributed by atoms with Crippen molar-refractivity contribution in [3.05, 3.63) is 65.2 Å². The molecule has 30 heavy (non-hydrogen) atoms. The van der Waals surface area contributed by atoms with Gasteiger partial charge in [-0.3, -0.25) is 9.36 Å². The Labute approximate surface area is 181 Å². The summed E-state index contributed by atoms with van der Waals surface area (Å²) in [7, 11) is 0. The zero-order valence-electron chi connectivity index (χ0n) is 16.2. The molecule has 0 saturated heterocycles. The average Bonchev–Trinajstić information content (AvgIpc) is 3.42. The van der Waals surface area contributed by atoms with Crippen LogP contribution in [0.25, 0.3) is 11.4 Å². The normalized spacial score (nSPS) is 10.9. The Morgan fingerprint density at radius 1 is 1.10 bits per heavy atom. The van der Waals surface area contributed by atoms with Crippen LogP contribution in [0.5, 0.6) is 0 Å². The molecule has 2 heterocycles. The second-order valence-electron chi connectivity index (χ2n) is 6.51. The second kappa shape index (κ2) is 8.64. The van der Waals surface area contributed by atoms with Gasteiger partial charge in [-0.15, -0.1) is 15.3 Å². The van der Waals surface area contributed by atoms with Crippen LogP contribution in [-0.2, 0) is 4.79 Å². The van der Waals surface area contributed by atoms with Gasteiger partial charge in [-0.2, -0.15) is 0 Å². The van der Waals surface area contributed by atoms with Gasteiger partial charge in [-0.25, -0.2) is 4.68 Å². The summed E-state index contributed by atoms with van der Waals surface area (Å²) in [5, 5.41) is 23.4. The molecule has 4 aromatic rings. The highest BCUT2D eigenvalue weighted by Gasteiger charge is 2.12. The van der Waals surface area contributed by atoms with Crippen LogP contribution >= 0.6 is 23.4 Å². The third kappa shape index (κ3) is 4.34. The lowest BCUT2D eigenvalue weighted by Gasteiger charge is -2.10. The quantitative estimate of drug-likeness (QED) is 0.459. The number of tetrazole rings is 1. The SMILES string of the molecule is Cc1ccc(-n2cnnc2SCC(=O)Nc2ccc(C)c(-n3cnnn3)c2)cc1Cl. The number of rotatable bonds is 6. The number of hydrogen-bond acceptors (Lipinski definition) is 7. The average molecular weight is 441 g/mol. The van der Waals surface area contributed by atoms with Crippen LogP contribution in [0.15, 0.2) is 54.2 Å². The molecule has 9 nitrogen and oxygen atoms in total. The Morgan fingerprint density at radius 2 is 1.93 bits per heavy atom. The molecule has 0 aliphatic heterocycles. The van der Waals surface area contributed by atoms with Crippen LogP contribution < -0.4 is 5.32 Å². The lowest BCUT2D eigenvalue weighted by Crippen LogP contribution is -2.15. The van der Waals surface area contributed by atoms with Crippen molar-refractivity contribution in [2.45, 2.75) is 19.0 Å². The van der Waals surface area contributed by atoms with E-state index in [4.69, 9.17) is 11.6 Å². The first-order chi connectivity index (χ1) is 14.5. The summed E-state index contributed by atoms with van der Waals surface area (Å²) < 4.78 is 3.35. The summed E-state index contributed by atoms with van der Waals surface area (Å²) in [6.45, 7) is 3.89. The Kier molecular flexibility index (Phi) is 5.77. The van der Waals surface area contributed by atoms with Gasteiger partial charge in [-0.05, 0) is 59.7 Å². The zero-order chi connectivity index (χ0) is 21.1. The third-order valence-electron chi connectivity index (χ3n) is 4.37. The molecule has 1 N–H and O–H groups in total. The van der Waals surface area contributed by atoms with Crippen molar-refractivity contribution in [2.75, 3.05) is 11.1 Å². The van der Waals surface area contributed by atoms with E-state index in [1.165, 1.54) is 18.1 Å². The second-order valence-corrected chi connectivity index (χ2v) is 7.86. The van der Waals surface area contributed by atoms with E-state index in [-0.39, 0.29) is 11.7 Å². The summed E-state index contributed by atoms with van der Waals surface area (Å²) in [4.78, 5) is 12.5. The Bertz CT molecular complexity index is 1190. The number of nitrogens with one attached hydrogen (secondary N) is 1. The molecule has 2 aromatic carbocycles. The Morgan fingerprint density at radius 3 is 2.70 bits per heavy atom. The topological polar surface area (TPSA) is 103 Å². The maximum Gasteiger partial charge on any atom is 0.234 e. The molecule has 1 amide bonds. The van der Waals surface area contributed by atoms with Gasteiger partial charge in [-0.1, -0.05) is 35.5 Å². The summed E-state index contributed by atoms with van der Waals surface area (Å²) in [6.07, 6.45) is 3.10. The monoisotopic (exact) mass is 440 g/mol. The fraction of sp³-hybridized carbons (Fsp3) is 0.158. The number of halogens is 1. The molecule has 0 aliphatic carbocycles. The predicted octanol–water partition coefficient (Wildman–Crippen LogP) is 3.24. The summed E-state index contributed by atoms with van der Waals surface area (Å²) in [5.41, 5.74) is 4.26. The van der Waals surface area contributed by atoms with E-state index in [1.807, 2.05) is 50.2 Å². The first-order valence-corrected chi connectivity index (χ1v) is 10.3. The van der Waals surface area contributed by atoms with Crippen molar-refractivity contribution >= 4 is 35.0 Å². The van der Waals surface area contributed by atoms with E-state index < -0.39 is 0 Å². The predicted molar refractivity (Wildman–Crippen MR) is 114 cm³/mol. The molecule has 0 unspecified atom stereocenters. The van der Waals surface area contributed by atoms with E-state index in [0.29, 0.717) is 15.9 Å². The molecule has 0 spiro atoms. The van der Waals surface area contributed by atoms with E-state index >= 15 is 0 Å². The largest absolute Gasteiger partial charge is 0.325 e. The maximum absolute atomic E-state index is 12.5. The van der Waals surface area contributed by atoms with Crippen molar-refractivity contribution in [3.63, 3.8) is 0 Å². The van der Waals surface area contributed by atoms with Gasteiger partial charge in [0.1, 0.15) is 12.7 Å². The van der Waals surface area contributed by atoms with Gasteiger partial charge in [0.25, 0.3) is 0 Å². The van der Waals surface area contributed by atoms with E-state index in [1.54, 1.807) is 15.6 Å². The van der Waals surface area contributed by atoms with Crippen LogP contribution in [0.3, 0.4) is 0 Å². The first-order valence-electron chi connectivity index (χ1n) is 8.94. The molecule has 0 radical (unpaired) electrons. The van der Waals surface area contributed by atoms with E-state index in [9.17, 15) is 4.79 Å². The Hall–Kier alpha value is -3.24. The third-order valence-corrected chi connectivity index (χ3v) is 5.72. The zero-order valence-corrected chi connectivity index (χ0v) is 17.7. The summed E-state index contributed by atoms with van der Waals surface area (Å²) in [5.74, 6) is 0.00911. The molecule has 152 valence electrons. The van der Waals surface area contributed by atoms with Gasteiger partial charge in [0.2, 0.25) is 5.91 Å². The summed E-state index contributed by atoms with van der Waals surface area (Å²) in [6, 6.07) is 11.3. The van der Waals surface area contributed by atoms with E-state index in [0.717, 1.165) is 22.5 Å². The van der Waals surface area contributed by atoms with Crippen molar-refractivity contribution < 1.29 is 4.79 Å². The van der Waals surface area contributed by atoms with Crippen LogP contribution in [0.1, 0.15) is 11.1 Å². The van der Waals surface area contributed by atoms with Crippen LogP contribution in [0.2, 0.25) is 5.02 Å². The van der Waals surface area contributed by atoms with Crippen molar-refractivity contribution in [2.24, 2.45) is 0 Å². The minimum Gasteiger partial charge on any atom is -0.325 e. The van der Waals surface area contributed by atoms with Gasteiger partial charge in [0.15, 0.2) is 5.16 Å². The molecule has 0 atom stereocenters. The molecule has 11 heteroatoms. The Balaban J connectivity index is 1.44. The van der Waals surface area contributed by atoms with Gasteiger partial charge in [0, 0.05) is 10.7 Å².